The second kappa shape index (κ2) is 6.73. The highest BCUT2D eigenvalue weighted by molar-refractivity contribution is 9.10. The minimum Gasteiger partial charge on any atom is -0.507 e. The van der Waals surface area contributed by atoms with E-state index in [0.717, 1.165) is 4.47 Å². The molecule has 5 nitrogen and oxygen atoms in total. The van der Waals surface area contributed by atoms with Gasteiger partial charge in [0.25, 0.3) is 5.91 Å². The third-order valence-corrected chi connectivity index (χ3v) is 3.55. The van der Waals surface area contributed by atoms with Crippen LogP contribution in [0.4, 0.5) is 0 Å². The number of phenols is 2. The van der Waals surface area contributed by atoms with Crippen LogP contribution in [0, 0.1) is 0 Å². The van der Waals surface area contributed by atoms with E-state index in [1.165, 1.54) is 24.4 Å². The molecule has 0 unspecified atom stereocenters. The van der Waals surface area contributed by atoms with Crippen molar-refractivity contribution >= 4 is 44.0 Å². The molecule has 0 fully saturated rings. The first-order valence-corrected chi connectivity index (χ1v) is 7.36. The van der Waals surface area contributed by atoms with Crippen LogP contribution in [0.3, 0.4) is 0 Å². The van der Waals surface area contributed by atoms with Crippen LogP contribution >= 0.6 is 31.9 Å². The zero-order chi connectivity index (χ0) is 15.4. The molecule has 0 aliphatic carbocycles. The fourth-order valence-corrected chi connectivity index (χ4v) is 2.28. The van der Waals surface area contributed by atoms with E-state index in [4.69, 9.17) is 0 Å². The number of amides is 1. The Kier molecular flexibility index (Phi) is 4.98. The number of phenolic OH excluding ortho intramolecular Hbond substituents is 2. The molecule has 1 amide bonds. The Labute approximate surface area is 137 Å². The quantitative estimate of drug-likeness (QED) is 0.532. The number of halogens is 2. The predicted octanol–water partition coefficient (Wildman–Crippen LogP) is 3.39. The van der Waals surface area contributed by atoms with Gasteiger partial charge in [-0.05, 0) is 36.4 Å². The normalized spacial score (nSPS) is 10.8. The Morgan fingerprint density at radius 2 is 1.67 bits per heavy atom. The van der Waals surface area contributed by atoms with Gasteiger partial charge in [-0.2, -0.15) is 5.10 Å². The smallest absolute Gasteiger partial charge is 0.275 e. The summed E-state index contributed by atoms with van der Waals surface area (Å²) in [6.07, 6.45) is 1.31. The van der Waals surface area contributed by atoms with Crippen molar-refractivity contribution in [2.24, 2.45) is 5.10 Å². The second-order valence-corrected chi connectivity index (χ2v) is 5.90. The molecule has 21 heavy (non-hydrogen) atoms. The molecule has 3 N–H and O–H groups in total. The Morgan fingerprint density at radius 3 is 2.38 bits per heavy atom. The van der Waals surface area contributed by atoms with Crippen LogP contribution in [-0.4, -0.2) is 22.3 Å². The lowest BCUT2D eigenvalue weighted by Crippen LogP contribution is -2.17. The van der Waals surface area contributed by atoms with Crippen LogP contribution in [-0.2, 0) is 0 Å². The number of carbonyl (C=O) groups is 1. The number of carbonyl (C=O) groups excluding carboxylic acids is 1. The first kappa shape index (κ1) is 15.5. The summed E-state index contributed by atoms with van der Waals surface area (Å²) in [7, 11) is 0. The summed E-state index contributed by atoms with van der Waals surface area (Å²) in [5.74, 6) is -0.655. The second-order valence-electron chi connectivity index (χ2n) is 4.06. The van der Waals surface area contributed by atoms with E-state index in [9.17, 15) is 15.0 Å². The Hall–Kier alpha value is -1.86. The van der Waals surface area contributed by atoms with Gasteiger partial charge in [-0.1, -0.05) is 31.9 Å². The molecule has 2 rings (SSSR count). The fraction of sp³-hybridized carbons (Fsp3) is 0. The number of hydrogen-bond acceptors (Lipinski definition) is 4. The molecule has 0 aromatic heterocycles. The molecule has 0 aliphatic rings. The lowest BCUT2D eigenvalue weighted by Gasteiger charge is -2.04. The zero-order valence-corrected chi connectivity index (χ0v) is 13.7. The minimum atomic E-state index is -0.556. The molecule has 2 aromatic carbocycles. The molecule has 0 aliphatic heterocycles. The van der Waals surface area contributed by atoms with Crippen LogP contribution in [0.5, 0.6) is 11.5 Å². The number of aromatic hydroxyl groups is 2. The third-order valence-electron chi connectivity index (χ3n) is 2.56. The van der Waals surface area contributed by atoms with Crippen molar-refractivity contribution in [2.75, 3.05) is 0 Å². The van der Waals surface area contributed by atoms with Gasteiger partial charge >= 0.3 is 0 Å². The molecule has 0 saturated heterocycles. The Bertz CT molecular complexity index is 717. The summed E-state index contributed by atoms with van der Waals surface area (Å²) in [6.45, 7) is 0. The SMILES string of the molecule is O=C(N/N=C\c1cc(Br)ccc1O)c1cc(Br)ccc1O. The minimum absolute atomic E-state index is 0.0431. The largest absolute Gasteiger partial charge is 0.507 e. The first-order valence-electron chi connectivity index (χ1n) is 5.78. The van der Waals surface area contributed by atoms with Crippen LogP contribution in [0.2, 0.25) is 0 Å². The summed E-state index contributed by atoms with van der Waals surface area (Å²) < 4.78 is 1.44. The highest BCUT2D eigenvalue weighted by Gasteiger charge is 2.10. The van der Waals surface area contributed by atoms with E-state index in [1.807, 2.05) is 0 Å². The van der Waals surface area contributed by atoms with Gasteiger partial charge in [-0.25, -0.2) is 5.43 Å². The zero-order valence-electron chi connectivity index (χ0n) is 10.5. The number of nitrogens with zero attached hydrogens (tertiary/aromatic N) is 1. The van der Waals surface area contributed by atoms with Crippen molar-refractivity contribution in [3.05, 3.63) is 56.5 Å². The highest BCUT2D eigenvalue weighted by Crippen LogP contribution is 2.22. The van der Waals surface area contributed by atoms with Gasteiger partial charge in [0.1, 0.15) is 11.5 Å². The molecule has 7 heteroatoms. The third kappa shape index (κ3) is 4.05. The van der Waals surface area contributed by atoms with E-state index in [1.54, 1.807) is 18.2 Å². The van der Waals surface area contributed by atoms with Crippen molar-refractivity contribution in [3.63, 3.8) is 0 Å². The number of hydrazone groups is 1. The molecular formula is C14H10Br2N2O3. The standard InChI is InChI=1S/C14H10Br2N2O3/c15-9-1-3-12(19)8(5-9)7-17-18-14(21)11-6-10(16)2-4-13(11)20/h1-7,19-20H,(H,18,21)/b17-7-. The monoisotopic (exact) mass is 412 g/mol. The van der Waals surface area contributed by atoms with Crippen LogP contribution in [0.15, 0.2) is 50.4 Å². The number of rotatable bonds is 3. The van der Waals surface area contributed by atoms with Gasteiger partial charge in [0, 0.05) is 14.5 Å². The Morgan fingerprint density at radius 1 is 1.05 bits per heavy atom. The average Bonchev–Trinajstić information content (AvgIpc) is 2.45. The van der Waals surface area contributed by atoms with Crippen molar-refractivity contribution in [1.82, 2.24) is 5.43 Å². The summed E-state index contributed by atoms with van der Waals surface area (Å²) in [6, 6.07) is 9.36. The van der Waals surface area contributed by atoms with E-state index in [2.05, 4.69) is 42.4 Å². The Balaban J connectivity index is 2.12. The summed E-state index contributed by atoms with van der Waals surface area (Å²) in [5, 5.41) is 23.0. The van der Waals surface area contributed by atoms with Crippen LogP contribution < -0.4 is 5.43 Å². The van der Waals surface area contributed by atoms with Gasteiger partial charge < -0.3 is 10.2 Å². The number of benzene rings is 2. The van der Waals surface area contributed by atoms with E-state index in [-0.39, 0.29) is 17.1 Å². The molecular weight excluding hydrogens is 404 g/mol. The summed E-state index contributed by atoms with van der Waals surface area (Å²) in [4.78, 5) is 11.9. The van der Waals surface area contributed by atoms with Crippen molar-refractivity contribution in [1.29, 1.82) is 0 Å². The van der Waals surface area contributed by atoms with Crippen molar-refractivity contribution in [2.45, 2.75) is 0 Å². The van der Waals surface area contributed by atoms with Crippen molar-refractivity contribution in [3.8, 4) is 11.5 Å². The number of hydrogen-bond donors (Lipinski definition) is 3. The molecule has 0 bridgehead atoms. The maximum atomic E-state index is 11.9. The van der Waals surface area contributed by atoms with Crippen LogP contribution in [0.25, 0.3) is 0 Å². The topological polar surface area (TPSA) is 81.9 Å². The maximum Gasteiger partial charge on any atom is 0.275 e. The fourth-order valence-electron chi connectivity index (χ4n) is 1.54. The molecule has 0 spiro atoms. The highest BCUT2D eigenvalue weighted by atomic mass is 79.9. The lowest BCUT2D eigenvalue weighted by atomic mass is 10.2. The average molecular weight is 414 g/mol. The molecule has 0 saturated carbocycles. The summed E-state index contributed by atoms with van der Waals surface area (Å²) >= 11 is 6.49. The van der Waals surface area contributed by atoms with E-state index < -0.39 is 5.91 Å². The molecule has 108 valence electrons. The van der Waals surface area contributed by atoms with Gasteiger partial charge in [-0.15, -0.1) is 0 Å². The van der Waals surface area contributed by atoms with E-state index in [0.29, 0.717) is 10.0 Å². The molecule has 0 heterocycles. The van der Waals surface area contributed by atoms with Crippen molar-refractivity contribution < 1.29 is 15.0 Å². The van der Waals surface area contributed by atoms with Gasteiger partial charge in [-0.3, -0.25) is 4.79 Å². The molecule has 0 radical (unpaired) electrons. The molecule has 2 aromatic rings. The van der Waals surface area contributed by atoms with Gasteiger partial charge in [0.2, 0.25) is 0 Å². The number of nitrogens with one attached hydrogen (secondary N) is 1. The van der Waals surface area contributed by atoms with Gasteiger partial charge in [0.15, 0.2) is 0 Å². The predicted molar refractivity (Wildman–Crippen MR) is 86.7 cm³/mol. The molecule has 0 atom stereocenters. The first-order chi connectivity index (χ1) is 9.97. The summed E-state index contributed by atoms with van der Waals surface area (Å²) in [5.41, 5.74) is 2.83. The van der Waals surface area contributed by atoms with Crippen LogP contribution in [0.1, 0.15) is 15.9 Å². The van der Waals surface area contributed by atoms with Gasteiger partial charge in [0.05, 0.1) is 11.8 Å². The van der Waals surface area contributed by atoms with E-state index >= 15 is 0 Å². The lowest BCUT2D eigenvalue weighted by molar-refractivity contribution is 0.0952. The maximum absolute atomic E-state index is 11.9.